The van der Waals surface area contributed by atoms with Crippen LogP contribution in [0.15, 0.2) is 23.8 Å². The molecule has 4 atom stereocenters. The van der Waals surface area contributed by atoms with Gasteiger partial charge in [0.05, 0.1) is 0 Å². The van der Waals surface area contributed by atoms with Crippen LogP contribution < -0.4 is 0 Å². The van der Waals surface area contributed by atoms with Crippen LogP contribution in [0.25, 0.3) is 0 Å². The van der Waals surface area contributed by atoms with E-state index in [4.69, 9.17) is 0 Å². The van der Waals surface area contributed by atoms with Crippen LogP contribution in [-0.4, -0.2) is 22.3 Å². The summed E-state index contributed by atoms with van der Waals surface area (Å²) in [4.78, 5) is 24.8. The Morgan fingerprint density at radius 2 is 1.92 bits per heavy atom. The quantitative estimate of drug-likeness (QED) is 0.615. The van der Waals surface area contributed by atoms with E-state index in [0.717, 1.165) is 31.3 Å². The number of carbonyl (C=O) groups excluding carboxylic acids is 2. The number of hydrogen-bond acceptors (Lipinski definition) is 3. The summed E-state index contributed by atoms with van der Waals surface area (Å²) in [6, 6.07) is 0. The zero-order valence-electron chi connectivity index (χ0n) is 15.4. The SMILES string of the molecule is C=C1CC[C@H]2C(C)(C)CCC[C@]2(C)[C@H]1C[C@]1(O)C(=O)C=C(C)C1=O. The maximum absolute atomic E-state index is 12.4. The highest BCUT2D eigenvalue weighted by atomic mass is 16.3. The van der Waals surface area contributed by atoms with E-state index < -0.39 is 17.2 Å². The Bertz CT molecular complexity index is 641. The van der Waals surface area contributed by atoms with Crippen molar-refractivity contribution in [3.05, 3.63) is 23.8 Å². The van der Waals surface area contributed by atoms with Gasteiger partial charge in [0.1, 0.15) is 0 Å². The highest BCUT2D eigenvalue weighted by Gasteiger charge is 2.57. The number of ketones is 2. The maximum Gasteiger partial charge on any atom is 0.198 e. The summed E-state index contributed by atoms with van der Waals surface area (Å²) in [6.45, 7) is 12.9. The molecule has 0 spiro atoms. The molecule has 0 bridgehead atoms. The van der Waals surface area contributed by atoms with Crippen LogP contribution in [0.2, 0.25) is 0 Å². The Morgan fingerprint density at radius 1 is 1.25 bits per heavy atom. The molecular weight excluding hydrogens is 300 g/mol. The van der Waals surface area contributed by atoms with Crippen molar-refractivity contribution >= 4 is 11.6 Å². The van der Waals surface area contributed by atoms with E-state index >= 15 is 0 Å². The van der Waals surface area contributed by atoms with Gasteiger partial charge < -0.3 is 5.11 Å². The minimum absolute atomic E-state index is 0.00384. The minimum Gasteiger partial charge on any atom is -0.374 e. The molecule has 3 aliphatic carbocycles. The van der Waals surface area contributed by atoms with Crippen molar-refractivity contribution in [2.24, 2.45) is 22.7 Å². The molecule has 132 valence electrons. The summed E-state index contributed by atoms with van der Waals surface area (Å²) < 4.78 is 0. The Hall–Kier alpha value is -1.22. The van der Waals surface area contributed by atoms with Crippen LogP contribution >= 0.6 is 0 Å². The molecule has 24 heavy (non-hydrogen) atoms. The van der Waals surface area contributed by atoms with Crippen molar-refractivity contribution < 1.29 is 14.7 Å². The second-order valence-electron chi connectivity index (χ2n) is 9.24. The maximum atomic E-state index is 12.4. The summed E-state index contributed by atoms with van der Waals surface area (Å²) in [5, 5.41) is 10.9. The van der Waals surface area contributed by atoms with Crippen LogP contribution in [0.3, 0.4) is 0 Å². The van der Waals surface area contributed by atoms with E-state index in [1.165, 1.54) is 12.5 Å². The molecule has 2 saturated carbocycles. The van der Waals surface area contributed by atoms with Crippen molar-refractivity contribution in [3.63, 3.8) is 0 Å². The molecule has 0 radical (unpaired) electrons. The van der Waals surface area contributed by atoms with Crippen LogP contribution in [0.5, 0.6) is 0 Å². The molecule has 0 aromatic rings. The van der Waals surface area contributed by atoms with Crippen molar-refractivity contribution in [2.75, 3.05) is 0 Å². The standard InChI is InChI=1S/C21H30O3/c1-13-7-8-16-19(3,4)9-6-10-20(16,5)15(13)12-21(24)17(22)11-14(2)18(21)23/h11,15-16,24H,1,6-10,12H2,2-5H3/t15-,16-,20+,21-/m0/s1. The highest BCUT2D eigenvalue weighted by Crippen LogP contribution is 2.62. The molecular formula is C21H30O3. The number of rotatable bonds is 2. The molecule has 3 nitrogen and oxygen atoms in total. The monoisotopic (exact) mass is 330 g/mol. The van der Waals surface area contributed by atoms with E-state index in [2.05, 4.69) is 27.4 Å². The fourth-order valence-electron chi connectivity index (χ4n) is 5.96. The third-order valence-corrected chi connectivity index (χ3v) is 7.31. The molecule has 0 saturated heterocycles. The van der Waals surface area contributed by atoms with Crippen LogP contribution in [0.4, 0.5) is 0 Å². The van der Waals surface area contributed by atoms with Gasteiger partial charge in [-0.25, -0.2) is 0 Å². The Labute approximate surface area is 145 Å². The number of carbonyl (C=O) groups is 2. The normalized spacial score (nSPS) is 42.0. The van der Waals surface area contributed by atoms with Gasteiger partial charge >= 0.3 is 0 Å². The number of fused-ring (bicyclic) bond motifs is 1. The lowest BCUT2D eigenvalue weighted by Gasteiger charge is -2.58. The molecule has 0 unspecified atom stereocenters. The second kappa shape index (κ2) is 5.39. The van der Waals surface area contributed by atoms with E-state index in [0.29, 0.717) is 11.5 Å². The van der Waals surface area contributed by atoms with Gasteiger partial charge in [0.15, 0.2) is 17.2 Å². The fourth-order valence-corrected chi connectivity index (χ4v) is 5.96. The first-order valence-corrected chi connectivity index (χ1v) is 9.20. The summed E-state index contributed by atoms with van der Waals surface area (Å²) in [5.74, 6) is -0.300. The fraction of sp³-hybridized carbons (Fsp3) is 0.714. The van der Waals surface area contributed by atoms with Crippen LogP contribution in [0.1, 0.15) is 66.2 Å². The van der Waals surface area contributed by atoms with Crippen molar-refractivity contribution in [2.45, 2.75) is 71.8 Å². The second-order valence-corrected chi connectivity index (χ2v) is 9.24. The lowest BCUT2D eigenvalue weighted by Crippen LogP contribution is -2.53. The molecule has 0 aromatic heterocycles. The van der Waals surface area contributed by atoms with Gasteiger partial charge in [-0.3, -0.25) is 9.59 Å². The van der Waals surface area contributed by atoms with E-state index in [9.17, 15) is 14.7 Å². The van der Waals surface area contributed by atoms with Gasteiger partial charge in [-0.1, -0.05) is 39.3 Å². The van der Waals surface area contributed by atoms with Gasteiger partial charge in [-0.15, -0.1) is 0 Å². The Balaban J connectivity index is 1.96. The Kier molecular flexibility index (Phi) is 3.95. The van der Waals surface area contributed by atoms with Gasteiger partial charge in [0.2, 0.25) is 0 Å². The third-order valence-electron chi connectivity index (χ3n) is 7.31. The van der Waals surface area contributed by atoms with E-state index in [-0.39, 0.29) is 23.2 Å². The molecule has 3 aliphatic rings. The summed E-state index contributed by atoms with van der Waals surface area (Å²) in [6.07, 6.45) is 7.00. The van der Waals surface area contributed by atoms with Gasteiger partial charge in [0.25, 0.3) is 0 Å². The molecule has 2 fully saturated rings. The average molecular weight is 330 g/mol. The zero-order chi connectivity index (χ0) is 17.9. The summed E-state index contributed by atoms with van der Waals surface area (Å²) >= 11 is 0. The van der Waals surface area contributed by atoms with Crippen molar-refractivity contribution in [3.8, 4) is 0 Å². The molecule has 0 amide bonds. The molecule has 3 heteroatoms. The number of aliphatic hydroxyl groups is 1. The largest absolute Gasteiger partial charge is 0.374 e. The summed E-state index contributed by atoms with van der Waals surface area (Å²) in [5.41, 5.74) is -0.139. The number of Topliss-reactive ketones (excluding diaryl/α,β-unsaturated/α-hetero) is 1. The van der Waals surface area contributed by atoms with Gasteiger partial charge in [-0.2, -0.15) is 0 Å². The van der Waals surface area contributed by atoms with Crippen molar-refractivity contribution in [1.29, 1.82) is 0 Å². The van der Waals surface area contributed by atoms with E-state index in [1.807, 2.05) is 0 Å². The lowest BCUT2D eigenvalue weighted by atomic mass is 9.46. The lowest BCUT2D eigenvalue weighted by molar-refractivity contribution is -0.148. The molecule has 0 aromatic carbocycles. The van der Waals surface area contributed by atoms with Crippen LogP contribution in [-0.2, 0) is 9.59 Å². The van der Waals surface area contributed by atoms with E-state index in [1.54, 1.807) is 6.92 Å². The Morgan fingerprint density at radius 3 is 2.50 bits per heavy atom. The predicted molar refractivity (Wildman–Crippen MR) is 94.4 cm³/mol. The first-order chi connectivity index (χ1) is 11.0. The average Bonchev–Trinajstić information content (AvgIpc) is 2.66. The molecule has 0 aliphatic heterocycles. The first kappa shape index (κ1) is 17.6. The topological polar surface area (TPSA) is 54.4 Å². The predicted octanol–water partition coefficient (Wildman–Crippen LogP) is 4.00. The molecule has 1 N–H and O–H groups in total. The first-order valence-electron chi connectivity index (χ1n) is 9.20. The zero-order valence-corrected chi connectivity index (χ0v) is 15.4. The van der Waals surface area contributed by atoms with Gasteiger partial charge in [-0.05, 0) is 73.3 Å². The summed E-state index contributed by atoms with van der Waals surface area (Å²) in [7, 11) is 0. The van der Waals surface area contributed by atoms with Gasteiger partial charge in [0, 0.05) is 0 Å². The van der Waals surface area contributed by atoms with Crippen LogP contribution in [0, 0.1) is 22.7 Å². The van der Waals surface area contributed by atoms with Crippen molar-refractivity contribution in [1.82, 2.24) is 0 Å². The smallest absolute Gasteiger partial charge is 0.198 e. The molecule has 0 heterocycles. The number of hydrogen-bond donors (Lipinski definition) is 1. The number of allylic oxidation sites excluding steroid dienone is 1. The third kappa shape index (κ3) is 2.35. The highest BCUT2D eigenvalue weighted by molar-refractivity contribution is 6.27. The minimum atomic E-state index is -1.87. The molecule has 3 rings (SSSR count).